The van der Waals surface area contributed by atoms with Gasteiger partial charge < -0.3 is 14.5 Å². The zero-order chi connectivity index (χ0) is 15.5. The van der Waals surface area contributed by atoms with E-state index in [2.05, 4.69) is 44.0 Å². The van der Waals surface area contributed by atoms with Crippen molar-refractivity contribution < 1.29 is 9.15 Å². The van der Waals surface area contributed by atoms with Crippen LogP contribution in [0.1, 0.15) is 51.9 Å². The maximum atomic E-state index is 5.71. The Morgan fingerprint density at radius 1 is 1.43 bits per heavy atom. The largest absolute Gasteiger partial charge is 0.468 e. The number of methoxy groups -OCH3 is 1. The fraction of sp³-hybridized carbons (Fsp3) is 0.765. The van der Waals surface area contributed by atoms with E-state index in [1.165, 1.54) is 12.0 Å². The van der Waals surface area contributed by atoms with Gasteiger partial charge in [-0.1, -0.05) is 0 Å². The molecule has 0 spiro atoms. The van der Waals surface area contributed by atoms with Crippen LogP contribution in [-0.2, 0) is 17.8 Å². The Kier molecular flexibility index (Phi) is 5.12. The minimum Gasteiger partial charge on any atom is -0.468 e. The topological polar surface area (TPSA) is 37.6 Å². The average molecular weight is 294 g/mol. The number of nitrogens with zero attached hydrogens (tertiary/aromatic N) is 1. The second-order valence-electron chi connectivity index (χ2n) is 7.44. The predicted molar refractivity (Wildman–Crippen MR) is 85.2 cm³/mol. The summed E-state index contributed by atoms with van der Waals surface area (Å²) in [5.74, 6) is 1.08. The lowest BCUT2D eigenvalue weighted by molar-refractivity contribution is -0.0539. The molecule has 0 amide bonds. The van der Waals surface area contributed by atoms with Gasteiger partial charge in [-0.05, 0) is 53.1 Å². The van der Waals surface area contributed by atoms with Crippen LogP contribution in [0.3, 0.4) is 0 Å². The summed E-state index contributed by atoms with van der Waals surface area (Å²) in [5.41, 5.74) is 1.36. The third kappa shape index (κ3) is 4.83. The van der Waals surface area contributed by atoms with Crippen molar-refractivity contribution in [3.8, 4) is 0 Å². The van der Waals surface area contributed by atoms with Crippen molar-refractivity contribution in [2.24, 2.45) is 0 Å². The Bertz CT molecular complexity index is 450. The standard InChI is InChI=1S/C17H30N2O2/c1-16(2,3)18-11-14-7-10-21-15(14)12-19-9-6-8-17(4,13-19)20-5/h7,10,18H,6,8-9,11-13H2,1-5H3. The first-order chi connectivity index (χ1) is 9.81. The molecule has 1 aromatic rings. The Labute approximate surface area is 128 Å². The van der Waals surface area contributed by atoms with Gasteiger partial charge in [0.15, 0.2) is 0 Å². The van der Waals surface area contributed by atoms with Crippen LogP contribution in [0.15, 0.2) is 16.7 Å². The molecule has 1 unspecified atom stereocenters. The average Bonchev–Trinajstić information content (AvgIpc) is 2.83. The molecule has 0 saturated carbocycles. The van der Waals surface area contributed by atoms with Crippen molar-refractivity contribution in [1.29, 1.82) is 0 Å². The summed E-state index contributed by atoms with van der Waals surface area (Å²) < 4.78 is 11.4. The van der Waals surface area contributed by atoms with E-state index < -0.39 is 0 Å². The normalized spacial score (nSPS) is 24.4. The first-order valence-corrected chi connectivity index (χ1v) is 7.89. The van der Waals surface area contributed by atoms with E-state index in [9.17, 15) is 0 Å². The van der Waals surface area contributed by atoms with Gasteiger partial charge in [-0.2, -0.15) is 0 Å². The number of nitrogens with one attached hydrogen (secondary N) is 1. The van der Waals surface area contributed by atoms with Gasteiger partial charge in [-0.3, -0.25) is 4.90 Å². The second kappa shape index (κ2) is 6.51. The molecule has 120 valence electrons. The molecular weight excluding hydrogens is 264 g/mol. The van der Waals surface area contributed by atoms with E-state index in [1.807, 2.05) is 7.11 Å². The number of hydrogen-bond acceptors (Lipinski definition) is 4. The van der Waals surface area contributed by atoms with Crippen LogP contribution < -0.4 is 5.32 Å². The van der Waals surface area contributed by atoms with Crippen LogP contribution >= 0.6 is 0 Å². The SMILES string of the molecule is COC1(C)CCCN(Cc2occc2CNC(C)(C)C)C1. The highest BCUT2D eigenvalue weighted by Gasteiger charge is 2.31. The Morgan fingerprint density at radius 2 is 2.19 bits per heavy atom. The van der Waals surface area contributed by atoms with E-state index >= 15 is 0 Å². The van der Waals surface area contributed by atoms with Crippen molar-refractivity contribution in [2.75, 3.05) is 20.2 Å². The van der Waals surface area contributed by atoms with E-state index in [0.29, 0.717) is 0 Å². The highest BCUT2D eigenvalue weighted by atomic mass is 16.5. The zero-order valence-electron chi connectivity index (χ0n) is 14.2. The van der Waals surface area contributed by atoms with Crippen LogP contribution in [0.5, 0.6) is 0 Å². The van der Waals surface area contributed by atoms with E-state index in [0.717, 1.165) is 38.4 Å². The van der Waals surface area contributed by atoms with Gasteiger partial charge >= 0.3 is 0 Å². The van der Waals surface area contributed by atoms with Crippen molar-refractivity contribution in [1.82, 2.24) is 10.2 Å². The number of ether oxygens (including phenoxy) is 1. The molecule has 0 aromatic carbocycles. The highest BCUT2D eigenvalue weighted by Crippen LogP contribution is 2.26. The lowest BCUT2D eigenvalue weighted by Gasteiger charge is -2.39. The van der Waals surface area contributed by atoms with Crippen LogP contribution in [-0.4, -0.2) is 36.2 Å². The fourth-order valence-electron chi connectivity index (χ4n) is 2.84. The zero-order valence-corrected chi connectivity index (χ0v) is 14.2. The summed E-state index contributed by atoms with van der Waals surface area (Å²) in [5, 5.41) is 3.53. The summed E-state index contributed by atoms with van der Waals surface area (Å²) in [6.07, 6.45) is 4.12. The molecule has 4 nitrogen and oxygen atoms in total. The molecule has 1 atom stereocenters. The third-order valence-electron chi connectivity index (χ3n) is 4.24. The minimum absolute atomic E-state index is 0.0192. The Morgan fingerprint density at radius 3 is 2.86 bits per heavy atom. The molecule has 2 rings (SSSR count). The van der Waals surface area contributed by atoms with Gasteiger partial charge in [-0.15, -0.1) is 0 Å². The molecule has 1 aliphatic heterocycles. The monoisotopic (exact) mass is 294 g/mol. The summed E-state index contributed by atoms with van der Waals surface area (Å²) in [4.78, 5) is 2.44. The van der Waals surface area contributed by atoms with Gasteiger partial charge in [0.2, 0.25) is 0 Å². The van der Waals surface area contributed by atoms with Crippen molar-refractivity contribution in [3.05, 3.63) is 23.7 Å². The Hall–Kier alpha value is -0.840. The molecule has 1 aromatic heterocycles. The quantitative estimate of drug-likeness (QED) is 0.905. The molecule has 1 saturated heterocycles. The highest BCUT2D eigenvalue weighted by molar-refractivity contribution is 5.17. The molecule has 2 heterocycles. The second-order valence-corrected chi connectivity index (χ2v) is 7.44. The first-order valence-electron chi connectivity index (χ1n) is 7.89. The lowest BCUT2D eigenvalue weighted by atomic mass is 9.94. The molecule has 0 radical (unpaired) electrons. The van der Waals surface area contributed by atoms with Crippen LogP contribution in [0, 0.1) is 0 Å². The molecular formula is C17H30N2O2. The van der Waals surface area contributed by atoms with Gasteiger partial charge in [0.05, 0.1) is 18.4 Å². The van der Waals surface area contributed by atoms with E-state index in [-0.39, 0.29) is 11.1 Å². The van der Waals surface area contributed by atoms with Crippen LogP contribution in [0.4, 0.5) is 0 Å². The number of piperidine rings is 1. The molecule has 0 bridgehead atoms. The van der Waals surface area contributed by atoms with Crippen LogP contribution in [0.25, 0.3) is 0 Å². The third-order valence-corrected chi connectivity index (χ3v) is 4.24. The molecule has 4 heteroatoms. The molecule has 1 fully saturated rings. The lowest BCUT2D eigenvalue weighted by Crippen LogP contribution is -2.47. The van der Waals surface area contributed by atoms with Crippen molar-refractivity contribution in [2.45, 2.75) is 64.8 Å². The summed E-state index contributed by atoms with van der Waals surface area (Å²) in [6, 6.07) is 2.08. The maximum Gasteiger partial charge on any atom is 0.122 e. The summed E-state index contributed by atoms with van der Waals surface area (Å²) in [6.45, 7) is 12.5. The number of furan rings is 1. The van der Waals surface area contributed by atoms with Gasteiger partial charge in [0, 0.05) is 31.3 Å². The number of rotatable bonds is 5. The van der Waals surface area contributed by atoms with Gasteiger partial charge in [0.25, 0.3) is 0 Å². The molecule has 1 N–H and O–H groups in total. The number of hydrogen-bond donors (Lipinski definition) is 1. The molecule has 21 heavy (non-hydrogen) atoms. The Balaban J connectivity index is 1.95. The van der Waals surface area contributed by atoms with Crippen LogP contribution in [0.2, 0.25) is 0 Å². The summed E-state index contributed by atoms with van der Waals surface area (Å²) in [7, 11) is 1.81. The molecule has 0 aliphatic carbocycles. The van der Waals surface area contributed by atoms with Crippen molar-refractivity contribution >= 4 is 0 Å². The smallest absolute Gasteiger partial charge is 0.122 e. The fourth-order valence-corrected chi connectivity index (χ4v) is 2.84. The minimum atomic E-state index is -0.0192. The van der Waals surface area contributed by atoms with Gasteiger partial charge in [0.1, 0.15) is 5.76 Å². The van der Waals surface area contributed by atoms with E-state index in [1.54, 1.807) is 6.26 Å². The van der Waals surface area contributed by atoms with Gasteiger partial charge in [-0.25, -0.2) is 0 Å². The van der Waals surface area contributed by atoms with E-state index in [4.69, 9.17) is 9.15 Å². The van der Waals surface area contributed by atoms with Crippen molar-refractivity contribution in [3.63, 3.8) is 0 Å². The molecule has 1 aliphatic rings. The summed E-state index contributed by atoms with van der Waals surface area (Å²) >= 11 is 0. The predicted octanol–water partition coefficient (Wildman–Crippen LogP) is 3.17. The maximum absolute atomic E-state index is 5.71. The first kappa shape index (κ1) is 16.5. The number of likely N-dealkylation sites (tertiary alicyclic amines) is 1.